The minimum atomic E-state index is -1.27. The topological polar surface area (TPSA) is 105 Å². The molecular weight excluding hydrogens is 693 g/mol. The van der Waals surface area contributed by atoms with Crippen molar-refractivity contribution < 1.29 is 38.1 Å². The maximum absolute atomic E-state index is 13.4. The molecule has 6 aromatic carbocycles. The minimum Gasteiger partial charge on any atom is -0.476 e. The Morgan fingerprint density at radius 3 is 1.18 bits per heavy atom. The number of benzene rings is 6. The second kappa shape index (κ2) is 16.5. The lowest BCUT2D eigenvalue weighted by molar-refractivity contribution is -0.151. The molecule has 0 amide bonds. The van der Waals surface area contributed by atoms with Crippen LogP contribution < -0.4 is 18.9 Å². The van der Waals surface area contributed by atoms with Gasteiger partial charge in [-0.1, -0.05) is 106 Å². The highest BCUT2D eigenvalue weighted by atomic mass is 16.7. The van der Waals surface area contributed by atoms with E-state index in [0.717, 1.165) is 11.1 Å². The summed E-state index contributed by atoms with van der Waals surface area (Å²) in [6, 6.07) is 45.4. The van der Waals surface area contributed by atoms with Crippen LogP contribution in [0, 0.1) is 0 Å². The van der Waals surface area contributed by atoms with E-state index >= 15 is 0 Å². The molecule has 0 aliphatic rings. The molecule has 0 N–H and O–H groups in total. The van der Waals surface area contributed by atoms with Gasteiger partial charge in [0.15, 0.2) is 11.6 Å². The fraction of sp³-hybridized carbons (Fsp3) is 0.149. The van der Waals surface area contributed by atoms with Crippen molar-refractivity contribution >= 4 is 23.7 Å². The molecular formula is C47H40O8. The van der Waals surface area contributed by atoms with Gasteiger partial charge in [-0.15, -0.1) is 0 Å². The molecule has 0 aliphatic heterocycles. The first-order chi connectivity index (χ1) is 26.4. The monoisotopic (exact) mass is 732 g/mol. The number of carbonyl (C=O) groups excluding carboxylic acids is 4. The number of rotatable bonds is 13. The van der Waals surface area contributed by atoms with E-state index < -0.39 is 23.1 Å². The van der Waals surface area contributed by atoms with E-state index in [2.05, 4.69) is 13.8 Å². The van der Waals surface area contributed by atoms with Gasteiger partial charge in [0.1, 0.15) is 23.0 Å². The van der Waals surface area contributed by atoms with Crippen LogP contribution in [0.5, 0.6) is 23.0 Å². The molecule has 0 spiro atoms. The summed E-state index contributed by atoms with van der Waals surface area (Å²) in [6.45, 7) is 7.64. The molecule has 6 rings (SSSR count). The molecule has 0 aliphatic carbocycles. The van der Waals surface area contributed by atoms with E-state index in [1.807, 2.05) is 55.5 Å². The zero-order valence-corrected chi connectivity index (χ0v) is 31.0. The molecule has 6 aromatic rings. The van der Waals surface area contributed by atoms with Crippen LogP contribution in [-0.2, 0) is 10.2 Å². The fourth-order valence-electron chi connectivity index (χ4n) is 5.85. The molecule has 8 nitrogen and oxygen atoms in total. The van der Waals surface area contributed by atoms with E-state index in [1.165, 1.54) is 0 Å². The standard InChI is InChI=1S/C47H40O8/c1-5-47(4,55-41-26-18-35(19-27-41)43(49)33-14-10-7-11-15-33)44(50)52-38-28-20-36(21-29-38)46(2,3)37-22-30-40(31-23-37)54-45(51)53-39-24-16-34(17-25-39)42(48)32-12-8-6-9-13-32/h6-31H,5H2,1-4H3/t47-/m0/s1. The van der Waals surface area contributed by atoms with Gasteiger partial charge < -0.3 is 18.9 Å². The number of ether oxygens (including phenoxy) is 4. The van der Waals surface area contributed by atoms with Gasteiger partial charge in [0.05, 0.1) is 0 Å². The Kier molecular flexibility index (Phi) is 11.4. The van der Waals surface area contributed by atoms with E-state index in [9.17, 15) is 19.2 Å². The van der Waals surface area contributed by atoms with Crippen LogP contribution in [0.1, 0.15) is 77.1 Å². The van der Waals surface area contributed by atoms with Crippen molar-refractivity contribution in [3.05, 3.63) is 191 Å². The second-order valence-electron chi connectivity index (χ2n) is 13.6. The van der Waals surface area contributed by atoms with Crippen molar-refractivity contribution in [3.8, 4) is 23.0 Å². The summed E-state index contributed by atoms with van der Waals surface area (Å²) < 4.78 is 22.6. The van der Waals surface area contributed by atoms with Crippen LogP contribution in [0.15, 0.2) is 158 Å². The van der Waals surface area contributed by atoms with Gasteiger partial charge in [0, 0.05) is 27.7 Å². The minimum absolute atomic E-state index is 0.0981. The normalized spacial score (nSPS) is 12.1. The Morgan fingerprint density at radius 2 is 0.782 bits per heavy atom. The van der Waals surface area contributed by atoms with Gasteiger partial charge in [-0.2, -0.15) is 0 Å². The maximum atomic E-state index is 13.4. The molecule has 0 saturated carbocycles. The second-order valence-corrected chi connectivity index (χ2v) is 13.6. The molecule has 0 saturated heterocycles. The third-order valence-electron chi connectivity index (χ3n) is 9.52. The van der Waals surface area contributed by atoms with Gasteiger partial charge in [-0.05, 0) is 97.3 Å². The third kappa shape index (κ3) is 9.05. The predicted molar refractivity (Wildman–Crippen MR) is 209 cm³/mol. The number of hydrogen-bond donors (Lipinski definition) is 0. The molecule has 0 unspecified atom stereocenters. The zero-order chi connectivity index (χ0) is 39.0. The van der Waals surface area contributed by atoms with Crippen molar-refractivity contribution in [2.75, 3.05) is 0 Å². The number of esters is 1. The lowest BCUT2D eigenvalue weighted by Crippen LogP contribution is -2.44. The Bertz CT molecular complexity index is 2260. The maximum Gasteiger partial charge on any atom is 0.519 e. The molecule has 1 atom stereocenters. The van der Waals surface area contributed by atoms with Crippen molar-refractivity contribution in [1.29, 1.82) is 0 Å². The van der Waals surface area contributed by atoms with E-state index in [-0.39, 0.29) is 17.3 Å². The Hall–Kier alpha value is -6.80. The average molecular weight is 733 g/mol. The fourth-order valence-corrected chi connectivity index (χ4v) is 5.85. The van der Waals surface area contributed by atoms with E-state index in [4.69, 9.17) is 18.9 Å². The molecule has 0 radical (unpaired) electrons. The van der Waals surface area contributed by atoms with Crippen LogP contribution in [0.2, 0.25) is 0 Å². The molecule has 0 heterocycles. The molecule has 0 aromatic heterocycles. The Morgan fingerprint density at radius 1 is 0.436 bits per heavy atom. The first kappa shape index (κ1) is 37.9. The lowest BCUT2D eigenvalue weighted by Gasteiger charge is -2.28. The quantitative estimate of drug-likeness (QED) is 0.0500. The van der Waals surface area contributed by atoms with E-state index in [0.29, 0.717) is 45.9 Å². The van der Waals surface area contributed by atoms with Crippen molar-refractivity contribution in [1.82, 2.24) is 0 Å². The highest BCUT2D eigenvalue weighted by molar-refractivity contribution is 6.09. The zero-order valence-electron chi connectivity index (χ0n) is 31.0. The highest BCUT2D eigenvalue weighted by Gasteiger charge is 2.36. The summed E-state index contributed by atoms with van der Waals surface area (Å²) in [6.07, 6.45) is -0.555. The largest absolute Gasteiger partial charge is 0.519 e. The van der Waals surface area contributed by atoms with Gasteiger partial charge in [-0.25, -0.2) is 9.59 Å². The summed E-state index contributed by atoms with van der Waals surface area (Å²) in [4.78, 5) is 51.3. The summed E-state index contributed by atoms with van der Waals surface area (Å²) in [5, 5.41) is 0. The van der Waals surface area contributed by atoms with Crippen LogP contribution in [0.3, 0.4) is 0 Å². The van der Waals surface area contributed by atoms with Gasteiger partial charge in [0.2, 0.25) is 5.60 Å². The Balaban J connectivity index is 1.03. The SMILES string of the molecule is CC[C@](C)(Oc1ccc(C(=O)c2ccccc2)cc1)C(=O)Oc1ccc(C(C)(C)c2ccc(OC(=O)Oc3ccc(C(=O)c4ccccc4)cc3)cc2)cc1. The molecule has 55 heavy (non-hydrogen) atoms. The van der Waals surface area contributed by atoms with E-state index in [1.54, 1.807) is 116 Å². The average Bonchev–Trinajstić information content (AvgIpc) is 3.22. The smallest absolute Gasteiger partial charge is 0.476 e. The van der Waals surface area contributed by atoms with Crippen LogP contribution in [-0.4, -0.2) is 29.3 Å². The number of hydrogen-bond acceptors (Lipinski definition) is 8. The van der Waals surface area contributed by atoms with Crippen LogP contribution in [0.4, 0.5) is 4.79 Å². The van der Waals surface area contributed by atoms with Gasteiger partial charge in [0.25, 0.3) is 0 Å². The van der Waals surface area contributed by atoms with Crippen LogP contribution in [0.25, 0.3) is 0 Å². The van der Waals surface area contributed by atoms with Gasteiger partial charge >= 0.3 is 12.1 Å². The number of ketones is 2. The highest BCUT2D eigenvalue weighted by Crippen LogP contribution is 2.34. The summed E-state index contributed by atoms with van der Waals surface area (Å²) >= 11 is 0. The molecule has 276 valence electrons. The third-order valence-corrected chi connectivity index (χ3v) is 9.52. The van der Waals surface area contributed by atoms with Crippen molar-refractivity contribution in [3.63, 3.8) is 0 Å². The van der Waals surface area contributed by atoms with Gasteiger partial charge in [-0.3, -0.25) is 9.59 Å². The predicted octanol–water partition coefficient (Wildman–Crippen LogP) is 10.2. The summed E-state index contributed by atoms with van der Waals surface area (Å²) in [7, 11) is 0. The van der Waals surface area contributed by atoms with Crippen LogP contribution >= 0.6 is 0 Å². The first-order valence-electron chi connectivity index (χ1n) is 17.9. The summed E-state index contributed by atoms with van der Waals surface area (Å²) in [5.41, 5.74) is 2.36. The van der Waals surface area contributed by atoms with Crippen molar-refractivity contribution in [2.45, 2.75) is 45.1 Å². The molecule has 8 heteroatoms. The Labute approximate surface area is 320 Å². The number of carbonyl (C=O) groups is 4. The molecule has 0 fully saturated rings. The molecule has 0 bridgehead atoms. The van der Waals surface area contributed by atoms with Crippen molar-refractivity contribution in [2.24, 2.45) is 0 Å². The lowest BCUT2D eigenvalue weighted by atomic mass is 9.78. The summed E-state index contributed by atoms with van der Waals surface area (Å²) in [5.74, 6) is 0.597. The first-order valence-corrected chi connectivity index (χ1v) is 17.9.